The zero-order valence-corrected chi connectivity index (χ0v) is 26.7. The van der Waals surface area contributed by atoms with Crippen LogP contribution >= 0.6 is 0 Å². The van der Waals surface area contributed by atoms with Gasteiger partial charge < -0.3 is 14.6 Å². The number of hydrogen-bond acceptors (Lipinski definition) is 4. The average molecular weight is 561 g/mol. The first-order valence-corrected chi connectivity index (χ1v) is 15.3. The van der Waals surface area contributed by atoms with E-state index in [1.165, 1.54) is 22.3 Å². The maximum Gasteiger partial charge on any atom is 0.310 e. The number of aliphatic hydroxyl groups excluding tert-OH is 1. The molecule has 2 rings (SSSR count). The second kappa shape index (κ2) is 17.6. The Hall–Kier alpha value is -3.11. The third-order valence-corrected chi connectivity index (χ3v) is 7.40. The standard InChI is InChI=1S/C37H52O4/c1-9-34(38)40-36-30(8)31(37(41-35(39)10-2)33-23-12-11-22-32(33)36)25-24-29(7)21-15-20-28(6)19-14-18-27(5)17-13-16-26(3)4/h11-12,16,18,20,22-24,35,39H,9-10,13-15,17,19,21,25H2,1-8H3/b27-18+,28-20+,29-24+. The minimum atomic E-state index is -0.908. The summed E-state index contributed by atoms with van der Waals surface area (Å²) in [7, 11) is 0. The summed E-state index contributed by atoms with van der Waals surface area (Å²) in [4.78, 5) is 12.3. The molecule has 0 aliphatic carbocycles. The minimum absolute atomic E-state index is 0.269. The molecule has 1 atom stereocenters. The summed E-state index contributed by atoms with van der Waals surface area (Å²) in [5, 5.41) is 12.1. The van der Waals surface area contributed by atoms with Crippen LogP contribution in [-0.2, 0) is 11.2 Å². The van der Waals surface area contributed by atoms with Crippen molar-refractivity contribution in [1.29, 1.82) is 0 Å². The van der Waals surface area contributed by atoms with Crippen LogP contribution in [-0.4, -0.2) is 17.4 Å². The van der Waals surface area contributed by atoms with Crippen molar-refractivity contribution in [3.8, 4) is 11.5 Å². The van der Waals surface area contributed by atoms with E-state index in [-0.39, 0.29) is 5.97 Å². The number of aliphatic hydroxyl groups is 1. The Labute approximate surface area is 248 Å². The molecule has 2 aromatic rings. The predicted octanol–water partition coefficient (Wildman–Crippen LogP) is 10.3. The van der Waals surface area contributed by atoms with E-state index in [1.807, 2.05) is 38.1 Å². The monoisotopic (exact) mass is 560 g/mol. The normalized spacial score (nSPS) is 13.3. The van der Waals surface area contributed by atoms with Gasteiger partial charge in [-0.1, -0.05) is 84.7 Å². The number of carbonyl (C=O) groups is 1. The Bertz CT molecular complexity index is 1270. The third-order valence-electron chi connectivity index (χ3n) is 7.40. The van der Waals surface area contributed by atoms with Crippen molar-refractivity contribution in [2.24, 2.45) is 0 Å². The first-order chi connectivity index (χ1) is 19.6. The van der Waals surface area contributed by atoms with Crippen LogP contribution in [0.2, 0.25) is 0 Å². The van der Waals surface area contributed by atoms with E-state index in [2.05, 4.69) is 58.9 Å². The molecule has 0 bridgehead atoms. The van der Waals surface area contributed by atoms with Gasteiger partial charge in [-0.2, -0.15) is 0 Å². The number of esters is 1. The number of fused-ring (bicyclic) bond motifs is 1. The first kappa shape index (κ1) is 34.1. The third kappa shape index (κ3) is 11.4. The molecule has 0 radical (unpaired) electrons. The van der Waals surface area contributed by atoms with Gasteiger partial charge in [-0.05, 0) is 92.1 Å². The van der Waals surface area contributed by atoms with Crippen molar-refractivity contribution in [3.63, 3.8) is 0 Å². The summed E-state index contributed by atoms with van der Waals surface area (Å²) in [5.41, 5.74) is 7.40. The van der Waals surface area contributed by atoms with Crippen molar-refractivity contribution >= 4 is 16.7 Å². The highest BCUT2D eigenvalue weighted by molar-refractivity contribution is 5.97. The van der Waals surface area contributed by atoms with Crippen LogP contribution in [0, 0.1) is 6.92 Å². The van der Waals surface area contributed by atoms with E-state index in [0.29, 0.717) is 30.8 Å². The fourth-order valence-corrected chi connectivity index (χ4v) is 4.73. The van der Waals surface area contributed by atoms with Crippen molar-refractivity contribution in [1.82, 2.24) is 0 Å². The maximum atomic E-state index is 12.3. The maximum absolute atomic E-state index is 12.3. The van der Waals surface area contributed by atoms with Crippen molar-refractivity contribution < 1.29 is 19.4 Å². The SMILES string of the molecule is CCC(=O)Oc1c(C)c(C/C=C(\C)CC/C=C(\C)CC/C=C(\C)CCC=C(C)C)c(OC(O)CC)c2ccccc12. The predicted molar refractivity (Wildman–Crippen MR) is 174 cm³/mol. The Morgan fingerprint density at radius 2 is 1.32 bits per heavy atom. The highest BCUT2D eigenvalue weighted by Gasteiger charge is 2.21. The highest BCUT2D eigenvalue weighted by Crippen LogP contribution is 2.42. The molecule has 4 nitrogen and oxygen atoms in total. The number of ether oxygens (including phenoxy) is 2. The minimum Gasteiger partial charge on any atom is -0.464 e. The van der Waals surface area contributed by atoms with Crippen molar-refractivity contribution in [2.45, 2.75) is 119 Å². The van der Waals surface area contributed by atoms with Gasteiger partial charge in [0.15, 0.2) is 6.29 Å². The molecule has 0 saturated carbocycles. The highest BCUT2D eigenvalue weighted by atomic mass is 16.6. The number of benzene rings is 2. The average Bonchev–Trinajstić information content (AvgIpc) is 2.94. The smallest absolute Gasteiger partial charge is 0.310 e. The molecule has 0 amide bonds. The summed E-state index contributed by atoms with van der Waals surface area (Å²) < 4.78 is 11.9. The van der Waals surface area contributed by atoms with Gasteiger partial charge >= 0.3 is 5.97 Å². The van der Waals surface area contributed by atoms with Gasteiger partial charge in [-0.3, -0.25) is 4.79 Å². The van der Waals surface area contributed by atoms with Gasteiger partial charge in [-0.15, -0.1) is 0 Å². The van der Waals surface area contributed by atoms with E-state index in [4.69, 9.17) is 9.47 Å². The Morgan fingerprint density at radius 3 is 1.83 bits per heavy atom. The molecule has 4 heteroatoms. The number of hydrogen-bond donors (Lipinski definition) is 1. The van der Waals surface area contributed by atoms with E-state index < -0.39 is 6.29 Å². The topological polar surface area (TPSA) is 55.8 Å². The van der Waals surface area contributed by atoms with Gasteiger partial charge in [0.1, 0.15) is 11.5 Å². The summed E-state index contributed by atoms with van der Waals surface area (Å²) in [6.45, 7) is 16.6. The van der Waals surface area contributed by atoms with Crippen LogP contribution in [0.25, 0.3) is 10.8 Å². The molecule has 0 aliphatic rings. The number of carbonyl (C=O) groups excluding carboxylic acids is 1. The molecular formula is C37H52O4. The molecule has 41 heavy (non-hydrogen) atoms. The lowest BCUT2D eigenvalue weighted by Gasteiger charge is -2.22. The zero-order valence-electron chi connectivity index (χ0n) is 26.7. The molecule has 0 spiro atoms. The van der Waals surface area contributed by atoms with Crippen LogP contribution in [0.3, 0.4) is 0 Å². The summed E-state index contributed by atoms with van der Waals surface area (Å²) in [6, 6.07) is 7.76. The van der Waals surface area contributed by atoms with Gasteiger partial charge in [0.25, 0.3) is 0 Å². The Kier molecular flexibility index (Phi) is 14.7. The van der Waals surface area contributed by atoms with Crippen LogP contribution in [0.4, 0.5) is 0 Å². The lowest BCUT2D eigenvalue weighted by molar-refractivity contribution is -0.133. The van der Waals surface area contributed by atoms with E-state index in [1.54, 1.807) is 6.92 Å². The molecule has 0 saturated heterocycles. The molecule has 0 aliphatic heterocycles. The van der Waals surface area contributed by atoms with Gasteiger partial charge in [0.05, 0.1) is 0 Å². The quantitative estimate of drug-likeness (QED) is 0.0960. The van der Waals surface area contributed by atoms with Gasteiger partial charge in [-0.25, -0.2) is 0 Å². The molecule has 224 valence electrons. The fraction of sp³-hybridized carbons (Fsp3) is 0.486. The summed E-state index contributed by atoms with van der Waals surface area (Å²) in [6.07, 6.45) is 16.2. The first-order valence-electron chi connectivity index (χ1n) is 15.3. The lowest BCUT2D eigenvalue weighted by atomic mass is 9.95. The summed E-state index contributed by atoms with van der Waals surface area (Å²) in [5.74, 6) is 0.967. The summed E-state index contributed by atoms with van der Waals surface area (Å²) >= 11 is 0. The molecular weight excluding hydrogens is 508 g/mol. The van der Waals surface area contributed by atoms with E-state index in [9.17, 15) is 9.90 Å². The van der Waals surface area contributed by atoms with Crippen LogP contribution < -0.4 is 9.47 Å². The van der Waals surface area contributed by atoms with Gasteiger partial charge in [0, 0.05) is 29.2 Å². The van der Waals surface area contributed by atoms with Crippen LogP contribution in [0.15, 0.2) is 70.9 Å². The fourth-order valence-electron chi connectivity index (χ4n) is 4.73. The second-order valence-corrected chi connectivity index (χ2v) is 11.4. The molecule has 0 fully saturated rings. The molecule has 1 unspecified atom stereocenters. The van der Waals surface area contributed by atoms with Crippen molar-refractivity contribution in [2.75, 3.05) is 0 Å². The van der Waals surface area contributed by atoms with Crippen LogP contribution in [0.1, 0.15) is 111 Å². The molecule has 1 N–H and O–H groups in total. The Balaban J connectivity index is 2.16. The zero-order chi connectivity index (χ0) is 30.4. The lowest BCUT2D eigenvalue weighted by Crippen LogP contribution is -2.16. The molecule has 2 aromatic carbocycles. The van der Waals surface area contributed by atoms with Crippen LogP contribution in [0.5, 0.6) is 11.5 Å². The molecule has 0 aromatic heterocycles. The van der Waals surface area contributed by atoms with Crippen molar-refractivity contribution in [3.05, 3.63) is 82.0 Å². The van der Waals surface area contributed by atoms with Gasteiger partial charge in [0.2, 0.25) is 0 Å². The largest absolute Gasteiger partial charge is 0.464 e. The van der Waals surface area contributed by atoms with E-state index in [0.717, 1.165) is 60.4 Å². The Morgan fingerprint density at radius 1 is 0.805 bits per heavy atom. The van der Waals surface area contributed by atoms with E-state index >= 15 is 0 Å². The number of allylic oxidation sites excluding steroid dienone is 8. The molecule has 0 heterocycles. The number of rotatable bonds is 16. The second-order valence-electron chi connectivity index (χ2n) is 11.4.